The summed E-state index contributed by atoms with van der Waals surface area (Å²) in [4.78, 5) is 24.1. The lowest BCUT2D eigenvalue weighted by Gasteiger charge is -2.14. The number of aromatic hydroxyl groups is 1. The van der Waals surface area contributed by atoms with E-state index in [0.29, 0.717) is 23.5 Å². The van der Waals surface area contributed by atoms with Gasteiger partial charge in [0, 0.05) is 17.8 Å². The summed E-state index contributed by atoms with van der Waals surface area (Å²) >= 11 is 0. The molecule has 0 bridgehead atoms. The standard InChI is InChI=1S/C37H34N2O8S/c1-23-16-26(19-30(17-23)39-48(44,45)32-13-15-35(46-3)33(20-32)37(42)43)22-47-34-14-4-25(18-24(34)2)21-38-36(41)29-7-5-27(6-8-29)28-9-11-31(40)12-10-28/h4-20,39-40H,21-22H2,1-3H3,(H,38,41)(H,42,43). The van der Waals surface area contributed by atoms with Gasteiger partial charge in [-0.1, -0.05) is 42.5 Å². The van der Waals surface area contributed by atoms with Crippen LogP contribution >= 0.6 is 0 Å². The second kappa shape index (κ2) is 14.3. The molecule has 0 saturated heterocycles. The third-order valence-corrected chi connectivity index (χ3v) is 8.91. The second-order valence-electron chi connectivity index (χ2n) is 11.2. The van der Waals surface area contributed by atoms with E-state index in [1.165, 1.54) is 19.2 Å². The van der Waals surface area contributed by atoms with Crippen LogP contribution in [0, 0.1) is 13.8 Å². The number of aromatic carboxylic acids is 1. The number of benzene rings is 5. The highest BCUT2D eigenvalue weighted by Gasteiger charge is 2.20. The first-order valence-corrected chi connectivity index (χ1v) is 16.3. The number of carbonyl (C=O) groups is 2. The van der Waals surface area contributed by atoms with Crippen molar-refractivity contribution in [1.29, 1.82) is 0 Å². The smallest absolute Gasteiger partial charge is 0.339 e. The summed E-state index contributed by atoms with van der Waals surface area (Å²) in [6.07, 6.45) is 0. The first kappa shape index (κ1) is 33.6. The van der Waals surface area contributed by atoms with Crippen molar-refractivity contribution < 1.29 is 37.7 Å². The van der Waals surface area contributed by atoms with Crippen molar-refractivity contribution in [2.75, 3.05) is 11.8 Å². The maximum atomic E-state index is 13.1. The molecule has 4 N–H and O–H groups in total. The van der Waals surface area contributed by atoms with Crippen molar-refractivity contribution in [1.82, 2.24) is 5.32 Å². The Morgan fingerprint density at radius 1 is 0.771 bits per heavy atom. The molecule has 246 valence electrons. The summed E-state index contributed by atoms with van der Waals surface area (Å²) in [6, 6.07) is 28.6. The Morgan fingerprint density at radius 3 is 2.08 bits per heavy atom. The van der Waals surface area contributed by atoms with Crippen molar-refractivity contribution in [2.24, 2.45) is 0 Å². The van der Waals surface area contributed by atoms with Crippen LogP contribution in [-0.2, 0) is 23.2 Å². The van der Waals surface area contributed by atoms with Crippen LogP contribution in [0.15, 0.2) is 108 Å². The summed E-state index contributed by atoms with van der Waals surface area (Å²) < 4.78 is 39.8. The highest BCUT2D eigenvalue weighted by molar-refractivity contribution is 7.92. The highest BCUT2D eigenvalue weighted by atomic mass is 32.2. The molecule has 5 aromatic carbocycles. The van der Waals surface area contributed by atoms with Gasteiger partial charge >= 0.3 is 5.97 Å². The zero-order chi connectivity index (χ0) is 34.4. The van der Waals surface area contributed by atoms with Gasteiger partial charge in [0.05, 0.1) is 12.0 Å². The molecule has 0 saturated carbocycles. The number of rotatable bonds is 12. The van der Waals surface area contributed by atoms with E-state index in [-0.39, 0.29) is 34.5 Å². The number of sulfonamides is 1. The van der Waals surface area contributed by atoms with E-state index in [2.05, 4.69) is 10.0 Å². The molecule has 0 radical (unpaired) electrons. The Hall–Kier alpha value is -5.81. The van der Waals surface area contributed by atoms with Crippen molar-refractivity contribution in [2.45, 2.75) is 31.9 Å². The van der Waals surface area contributed by atoms with Crippen LogP contribution in [0.2, 0.25) is 0 Å². The zero-order valence-corrected chi connectivity index (χ0v) is 27.3. The number of phenols is 1. The summed E-state index contributed by atoms with van der Waals surface area (Å²) in [6.45, 7) is 4.22. The Morgan fingerprint density at radius 2 is 1.44 bits per heavy atom. The molecule has 11 heteroatoms. The topological polar surface area (TPSA) is 151 Å². The summed E-state index contributed by atoms with van der Waals surface area (Å²) in [5.41, 5.74) is 5.72. The number of hydrogen-bond acceptors (Lipinski definition) is 7. The molecule has 5 rings (SSSR count). The molecule has 48 heavy (non-hydrogen) atoms. The number of hydrogen-bond donors (Lipinski definition) is 4. The molecule has 0 aliphatic rings. The van der Waals surface area contributed by atoms with Crippen molar-refractivity contribution in [3.63, 3.8) is 0 Å². The van der Waals surface area contributed by atoms with Gasteiger partial charge in [-0.3, -0.25) is 9.52 Å². The normalized spacial score (nSPS) is 11.1. The van der Waals surface area contributed by atoms with Crippen LogP contribution in [0.5, 0.6) is 17.2 Å². The third-order valence-electron chi connectivity index (χ3n) is 7.54. The molecule has 0 aromatic heterocycles. The Balaban J connectivity index is 1.19. The summed E-state index contributed by atoms with van der Waals surface area (Å²) in [5.74, 6) is -0.622. The van der Waals surface area contributed by atoms with Gasteiger partial charge in [0.25, 0.3) is 15.9 Å². The fourth-order valence-electron chi connectivity index (χ4n) is 5.14. The number of carbonyl (C=O) groups excluding carboxylic acids is 1. The number of ether oxygens (including phenoxy) is 2. The Labute approximate surface area is 278 Å². The predicted molar refractivity (Wildman–Crippen MR) is 182 cm³/mol. The van der Waals surface area contributed by atoms with E-state index < -0.39 is 16.0 Å². The first-order chi connectivity index (χ1) is 22.9. The van der Waals surface area contributed by atoms with Gasteiger partial charge in [-0.15, -0.1) is 0 Å². The minimum absolute atomic E-state index is 0.0543. The van der Waals surface area contributed by atoms with Gasteiger partial charge in [-0.25, -0.2) is 13.2 Å². The molecule has 0 unspecified atom stereocenters. The van der Waals surface area contributed by atoms with Gasteiger partial charge in [-0.05, 0) is 108 Å². The average Bonchev–Trinajstić information content (AvgIpc) is 3.06. The van der Waals surface area contributed by atoms with E-state index in [9.17, 15) is 28.2 Å². The number of anilines is 1. The molecule has 0 aliphatic carbocycles. The first-order valence-electron chi connectivity index (χ1n) is 14.9. The van der Waals surface area contributed by atoms with Crippen LogP contribution < -0.4 is 19.5 Å². The molecule has 1 amide bonds. The average molecular weight is 667 g/mol. The number of amides is 1. The SMILES string of the molecule is COc1ccc(S(=O)(=O)Nc2cc(C)cc(COc3ccc(CNC(=O)c4ccc(-c5ccc(O)cc5)cc4)cc3C)c2)cc1C(=O)O. The van der Waals surface area contributed by atoms with Crippen LogP contribution in [-0.4, -0.2) is 37.6 Å². The molecule has 0 spiro atoms. The van der Waals surface area contributed by atoms with Crippen LogP contribution in [0.25, 0.3) is 11.1 Å². The van der Waals surface area contributed by atoms with E-state index >= 15 is 0 Å². The van der Waals surface area contributed by atoms with Crippen molar-refractivity contribution in [3.05, 3.63) is 137 Å². The number of carboxylic acid groups (broad SMARTS) is 1. The second-order valence-corrected chi connectivity index (χ2v) is 12.9. The number of phenolic OH excluding ortho intramolecular Hbond substituents is 1. The molecule has 0 fully saturated rings. The van der Waals surface area contributed by atoms with Gasteiger partial charge in [0.15, 0.2) is 0 Å². The van der Waals surface area contributed by atoms with E-state index in [1.807, 2.05) is 62.4 Å². The minimum Gasteiger partial charge on any atom is -0.508 e. The lowest BCUT2D eigenvalue weighted by molar-refractivity contribution is 0.0692. The van der Waals surface area contributed by atoms with Crippen LogP contribution in [0.3, 0.4) is 0 Å². The van der Waals surface area contributed by atoms with E-state index in [0.717, 1.165) is 39.4 Å². The lowest BCUT2D eigenvalue weighted by Crippen LogP contribution is -2.22. The maximum absolute atomic E-state index is 13.1. The number of carboxylic acids is 1. The number of aryl methyl sites for hydroxylation is 2. The number of methoxy groups -OCH3 is 1. The van der Waals surface area contributed by atoms with Gasteiger partial charge in [0.1, 0.15) is 29.4 Å². The zero-order valence-electron chi connectivity index (χ0n) is 26.5. The molecule has 5 aromatic rings. The fourth-order valence-corrected chi connectivity index (χ4v) is 6.20. The van der Waals surface area contributed by atoms with Crippen LogP contribution in [0.4, 0.5) is 5.69 Å². The third kappa shape index (κ3) is 8.12. The van der Waals surface area contributed by atoms with Crippen LogP contribution in [0.1, 0.15) is 43.0 Å². The Kier molecular flexibility index (Phi) is 10.0. The molecular weight excluding hydrogens is 632 g/mol. The summed E-state index contributed by atoms with van der Waals surface area (Å²) in [5, 5.41) is 21.9. The minimum atomic E-state index is -4.10. The Bertz CT molecular complexity index is 2080. The van der Waals surface area contributed by atoms with Crippen molar-refractivity contribution in [3.8, 4) is 28.4 Å². The van der Waals surface area contributed by atoms with Crippen molar-refractivity contribution >= 4 is 27.6 Å². The molecule has 0 heterocycles. The number of nitrogens with one attached hydrogen (secondary N) is 2. The predicted octanol–water partition coefficient (Wildman–Crippen LogP) is 6.69. The molecular formula is C37H34N2O8S. The summed E-state index contributed by atoms with van der Waals surface area (Å²) in [7, 11) is -2.79. The monoisotopic (exact) mass is 666 g/mol. The quantitative estimate of drug-likeness (QED) is 0.115. The molecule has 0 aliphatic heterocycles. The maximum Gasteiger partial charge on any atom is 0.339 e. The largest absolute Gasteiger partial charge is 0.508 e. The van der Waals surface area contributed by atoms with Gasteiger partial charge in [0.2, 0.25) is 0 Å². The fraction of sp³-hybridized carbons (Fsp3) is 0.135. The lowest BCUT2D eigenvalue weighted by atomic mass is 10.0. The van der Waals surface area contributed by atoms with Gasteiger partial charge < -0.3 is 25.0 Å². The molecule has 0 atom stereocenters. The van der Waals surface area contributed by atoms with E-state index in [1.54, 1.807) is 36.4 Å². The van der Waals surface area contributed by atoms with Gasteiger partial charge in [-0.2, -0.15) is 0 Å². The highest BCUT2D eigenvalue weighted by Crippen LogP contribution is 2.27. The molecule has 10 nitrogen and oxygen atoms in total. The van der Waals surface area contributed by atoms with E-state index in [4.69, 9.17) is 9.47 Å².